The van der Waals surface area contributed by atoms with Crippen LogP contribution in [-0.4, -0.2) is 24.0 Å². The zero-order chi connectivity index (χ0) is 15.6. The van der Waals surface area contributed by atoms with Crippen molar-refractivity contribution < 1.29 is 0 Å². The fourth-order valence-corrected chi connectivity index (χ4v) is 3.10. The first-order valence-electron chi connectivity index (χ1n) is 8.03. The molecule has 0 saturated carbocycles. The van der Waals surface area contributed by atoms with Crippen LogP contribution in [-0.2, 0) is 0 Å². The van der Waals surface area contributed by atoms with Crippen LogP contribution in [0.5, 0.6) is 0 Å². The topological polar surface area (TPSA) is 3.24 Å². The van der Waals surface area contributed by atoms with Crippen molar-refractivity contribution in [1.29, 1.82) is 0 Å². The summed E-state index contributed by atoms with van der Waals surface area (Å²) in [6, 6.07) is 0. The predicted octanol–water partition coefficient (Wildman–Crippen LogP) is 5.43. The number of hydrogen-bond donors (Lipinski definition) is 0. The van der Waals surface area contributed by atoms with Gasteiger partial charge in [0.05, 0.1) is 0 Å². The maximum Gasteiger partial charge on any atom is 0.220 e. The van der Waals surface area contributed by atoms with E-state index in [4.69, 9.17) is 0 Å². The summed E-state index contributed by atoms with van der Waals surface area (Å²) in [5.74, 6) is 0. The molecule has 0 amide bonds. The van der Waals surface area contributed by atoms with Crippen molar-refractivity contribution in [2.24, 2.45) is 0 Å². The van der Waals surface area contributed by atoms with E-state index in [-0.39, 0.29) is 5.54 Å². The Bertz CT molecular complexity index is 284. The molecular weight excluding hydrogens is 240 g/mol. The number of allylic oxidation sites excluding steroid dienone is 3. The third kappa shape index (κ3) is 6.65. The van der Waals surface area contributed by atoms with E-state index >= 15 is 0 Å². The number of unbranched alkanes of at least 4 members (excludes halogenated alkanes) is 1. The van der Waals surface area contributed by atoms with Gasteiger partial charge in [-0.25, -0.2) is 0 Å². The van der Waals surface area contributed by atoms with E-state index in [9.17, 15) is 0 Å². The molecule has 0 N–H and O–H groups in total. The molecule has 1 nitrogen and oxygen atoms in total. The number of hydrogen-bond acceptors (Lipinski definition) is 1. The van der Waals surface area contributed by atoms with E-state index < -0.39 is 0 Å². The first-order chi connectivity index (χ1) is 9.42. The van der Waals surface area contributed by atoms with Crippen molar-refractivity contribution in [2.75, 3.05) is 0 Å². The van der Waals surface area contributed by atoms with Gasteiger partial charge < -0.3 is 4.72 Å². The Balaban J connectivity index is 5.27. The molecule has 0 aliphatic carbocycles. The Hall–Kier alpha value is -0.690. The summed E-state index contributed by atoms with van der Waals surface area (Å²) in [5.41, 5.74) is 0.151. The minimum atomic E-state index is 0.151. The summed E-state index contributed by atoms with van der Waals surface area (Å²) in [5, 5.41) is 0. The fourth-order valence-electron chi connectivity index (χ4n) is 3.10. The third-order valence-electron chi connectivity index (χ3n) is 3.77. The molecule has 0 radical (unpaired) electrons. The zero-order valence-corrected chi connectivity index (χ0v) is 14.2. The standard InChI is InChI=1S/C17H33B2N/c1-8-12-16-19(15-11-4)20(17(5,6)7)18(13-9-2)14-10-3/h9-11H,2-4,8,12-16H2,1,5-7H3. The number of rotatable bonds is 11. The number of nitrogens with zero attached hydrogens (tertiary/aromatic N) is 1. The second kappa shape index (κ2) is 10.1. The van der Waals surface area contributed by atoms with Crippen LogP contribution in [0.3, 0.4) is 0 Å². The van der Waals surface area contributed by atoms with Gasteiger partial charge >= 0.3 is 0 Å². The van der Waals surface area contributed by atoms with Gasteiger partial charge in [0.1, 0.15) is 0 Å². The van der Waals surface area contributed by atoms with Gasteiger partial charge in [0.2, 0.25) is 13.7 Å². The second-order valence-corrected chi connectivity index (χ2v) is 6.60. The SMILES string of the molecule is C=CCB(CC=C)N(B(CC=C)CCCC)C(C)(C)C. The molecule has 20 heavy (non-hydrogen) atoms. The summed E-state index contributed by atoms with van der Waals surface area (Å²) in [6.45, 7) is 22.1. The van der Waals surface area contributed by atoms with Crippen molar-refractivity contribution in [3.05, 3.63) is 38.0 Å². The molecular formula is C17H33B2N. The normalized spacial score (nSPS) is 11.2. The quantitative estimate of drug-likeness (QED) is 0.358. The van der Waals surface area contributed by atoms with E-state index in [0.29, 0.717) is 13.7 Å². The summed E-state index contributed by atoms with van der Waals surface area (Å²) in [6.07, 6.45) is 13.0. The van der Waals surface area contributed by atoms with Crippen LogP contribution in [0, 0.1) is 0 Å². The summed E-state index contributed by atoms with van der Waals surface area (Å²) in [7, 11) is 0. The summed E-state index contributed by atoms with van der Waals surface area (Å²) in [4.78, 5) is 0. The van der Waals surface area contributed by atoms with Crippen LogP contribution in [0.25, 0.3) is 0 Å². The monoisotopic (exact) mass is 273 g/mol. The molecule has 0 saturated heterocycles. The molecule has 0 aliphatic rings. The lowest BCUT2D eigenvalue weighted by Crippen LogP contribution is -2.58. The minimum absolute atomic E-state index is 0.151. The molecule has 0 rings (SSSR count). The molecule has 0 fully saturated rings. The highest BCUT2D eigenvalue weighted by Crippen LogP contribution is 2.26. The predicted molar refractivity (Wildman–Crippen MR) is 97.8 cm³/mol. The van der Waals surface area contributed by atoms with E-state index in [1.165, 1.54) is 19.2 Å². The molecule has 0 aromatic carbocycles. The summed E-state index contributed by atoms with van der Waals surface area (Å²) >= 11 is 0. The maximum atomic E-state index is 3.96. The van der Waals surface area contributed by atoms with E-state index in [2.05, 4.69) is 58.2 Å². The van der Waals surface area contributed by atoms with Crippen molar-refractivity contribution >= 4 is 13.7 Å². The largest absolute Gasteiger partial charge is 0.379 e. The molecule has 0 atom stereocenters. The van der Waals surface area contributed by atoms with Crippen molar-refractivity contribution in [2.45, 2.75) is 71.4 Å². The Morgan fingerprint density at radius 2 is 1.35 bits per heavy atom. The molecule has 0 spiro atoms. The molecule has 112 valence electrons. The van der Waals surface area contributed by atoms with E-state index in [1.54, 1.807) is 0 Å². The lowest BCUT2D eigenvalue weighted by Gasteiger charge is -2.45. The van der Waals surface area contributed by atoms with Gasteiger partial charge in [-0.2, -0.15) is 0 Å². The van der Waals surface area contributed by atoms with Crippen molar-refractivity contribution in [1.82, 2.24) is 4.72 Å². The minimum Gasteiger partial charge on any atom is -0.379 e. The first kappa shape index (κ1) is 19.3. The van der Waals surface area contributed by atoms with Crippen LogP contribution in [0.1, 0.15) is 40.5 Å². The molecule has 0 aliphatic heterocycles. The first-order valence-corrected chi connectivity index (χ1v) is 8.03. The van der Waals surface area contributed by atoms with Crippen molar-refractivity contribution in [3.63, 3.8) is 0 Å². The van der Waals surface area contributed by atoms with E-state index in [1.807, 2.05) is 12.2 Å². The van der Waals surface area contributed by atoms with Gasteiger partial charge in [-0.3, -0.25) is 0 Å². The molecule has 0 aromatic rings. The van der Waals surface area contributed by atoms with Gasteiger partial charge in [-0.05, 0) is 45.3 Å². The molecule has 0 heterocycles. The molecule has 0 aromatic heterocycles. The van der Waals surface area contributed by atoms with Crippen LogP contribution in [0.15, 0.2) is 38.0 Å². The van der Waals surface area contributed by atoms with Crippen LogP contribution < -0.4 is 0 Å². The Morgan fingerprint density at radius 1 is 0.900 bits per heavy atom. The van der Waals surface area contributed by atoms with Crippen LogP contribution in [0.2, 0.25) is 25.3 Å². The molecule has 0 bridgehead atoms. The highest BCUT2D eigenvalue weighted by Gasteiger charge is 2.36. The van der Waals surface area contributed by atoms with Crippen LogP contribution >= 0.6 is 0 Å². The van der Waals surface area contributed by atoms with E-state index in [0.717, 1.165) is 19.0 Å². The molecule has 0 unspecified atom stereocenters. The lowest BCUT2D eigenvalue weighted by molar-refractivity contribution is 0.358. The Morgan fingerprint density at radius 3 is 1.70 bits per heavy atom. The highest BCUT2D eigenvalue weighted by molar-refractivity contribution is 6.73. The average molecular weight is 273 g/mol. The van der Waals surface area contributed by atoms with Gasteiger partial charge in [0.15, 0.2) is 0 Å². The molecule has 3 heteroatoms. The van der Waals surface area contributed by atoms with Gasteiger partial charge in [-0.1, -0.05) is 44.3 Å². The van der Waals surface area contributed by atoms with Crippen LogP contribution in [0.4, 0.5) is 0 Å². The lowest BCUT2D eigenvalue weighted by atomic mass is 9.39. The third-order valence-corrected chi connectivity index (χ3v) is 3.77. The smallest absolute Gasteiger partial charge is 0.220 e. The zero-order valence-electron chi connectivity index (χ0n) is 14.2. The Labute approximate surface area is 128 Å². The van der Waals surface area contributed by atoms with Gasteiger partial charge in [0.25, 0.3) is 0 Å². The second-order valence-electron chi connectivity index (χ2n) is 6.60. The average Bonchev–Trinajstić information content (AvgIpc) is 2.35. The Kier molecular flexibility index (Phi) is 9.75. The maximum absolute atomic E-state index is 3.96. The van der Waals surface area contributed by atoms with Gasteiger partial charge in [0, 0.05) is 0 Å². The summed E-state index contributed by atoms with van der Waals surface area (Å²) < 4.78 is 2.67. The fraction of sp³-hybridized carbons (Fsp3) is 0.647. The highest BCUT2D eigenvalue weighted by atomic mass is 15.1. The van der Waals surface area contributed by atoms with Crippen molar-refractivity contribution in [3.8, 4) is 0 Å². The van der Waals surface area contributed by atoms with Gasteiger partial charge in [-0.15, -0.1) is 19.7 Å².